The van der Waals surface area contributed by atoms with Gasteiger partial charge in [-0.15, -0.1) is 6.42 Å². The van der Waals surface area contributed by atoms with E-state index in [-0.39, 0.29) is 47.4 Å². The van der Waals surface area contributed by atoms with Gasteiger partial charge in [-0.3, -0.25) is 4.90 Å². The fraction of sp³-hybridized carbons (Fsp3) is 0.486. The topological polar surface area (TPSA) is 66.4 Å². The Morgan fingerprint density at radius 2 is 1.98 bits per heavy atom. The average molecular weight is 641 g/mol. The number of terminal acetylenes is 1. The molecule has 3 fully saturated rings. The molecule has 0 amide bonds. The summed E-state index contributed by atoms with van der Waals surface area (Å²) >= 11 is 0. The van der Waals surface area contributed by atoms with Crippen LogP contribution in [0.3, 0.4) is 0 Å². The Balaban J connectivity index is 1.35. The Morgan fingerprint density at radius 1 is 1.11 bits per heavy atom. The second-order valence-corrected chi connectivity index (χ2v) is 13.8. The molecule has 10 heteroatoms. The van der Waals surface area contributed by atoms with Gasteiger partial charge >= 0.3 is 6.01 Å². The number of pyridine rings is 1. The van der Waals surface area contributed by atoms with Gasteiger partial charge in [0, 0.05) is 49.1 Å². The zero-order valence-electron chi connectivity index (χ0n) is 26.8. The number of halogens is 3. The van der Waals surface area contributed by atoms with Gasteiger partial charge in [-0.2, -0.15) is 9.97 Å². The minimum Gasteiger partial charge on any atom is -0.461 e. The second-order valence-electron chi connectivity index (χ2n) is 13.8. The molecule has 5 atom stereocenters. The quantitative estimate of drug-likeness (QED) is 0.250. The molecule has 4 aromatic rings. The zero-order valence-corrected chi connectivity index (χ0v) is 26.8. The van der Waals surface area contributed by atoms with E-state index in [1.54, 1.807) is 18.2 Å². The lowest BCUT2D eigenvalue weighted by atomic mass is 9.87. The van der Waals surface area contributed by atoms with Crippen molar-refractivity contribution < 1.29 is 17.9 Å². The van der Waals surface area contributed by atoms with Gasteiger partial charge in [0.05, 0.1) is 22.2 Å². The van der Waals surface area contributed by atoms with E-state index in [9.17, 15) is 4.39 Å². The van der Waals surface area contributed by atoms with E-state index >= 15 is 8.78 Å². The van der Waals surface area contributed by atoms with Crippen molar-refractivity contribution in [3.8, 4) is 29.6 Å². The number of piperazine rings is 1. The maximum absolute atomic E-state index is 17.2. The van der Waals surface area contributed by atoms with Gasteiger partial charge in [0.25, 0.3) is 0 Å². The van der Waals surface area contributed by atoms with Crippen LogP contribution in [-0.2, 0) is 0 Å². The first kappa shape index (κ1) is 30.4. The molecular formula is C37H39F3N6O. The lowest BCUT2D eigenvalue weighted by molar-refractivity contribution is 0.107. The number of rotatable bonds is 5. The van der Waals surface area contributed by atoms with Gasteiger partial charge < -0.3 is 15.0 Å². The molecule has 6 heterocycles. The normalized spacial score (nSPS) is 27.4. The molecule has 3 saturated heterocycles. The predicted octanol–water partition coefficient (Wildman–Crippen LogP) is 6.51. The Bertz CT molecular complexity index is 1930. The van der Waals surface area contributed by atoms with Crippen molar-refractivity contribution >= 4 is 27.5 Å². The van der Waals surface area contributed by atoms with Crippen molar-refractivity contribution in [2.75, 3.05) is 37.7 Å². The molecule has 47 heavy (non-hydrogen) atoms. The Hall–Kier alpha value is -3.94. The van der Waals surface area contributed by atoms with Crippen LogP contribution in [0.4, 0.5) is 19.0 Å². The largest absolute Gasteiger partial charge is 0.461 e. The summed E-state index contributed by atoms with van der Waals surface area (Å²) < 4.78 is 53.2. The summed E-state index contributed by atoms with van der Waals surface area (Å²) in [5.41, 5.74) is 0.969. The Morgan fingerprint density at radius 3 is 2.81 bits per heavy atom. The van der Waals surface area contributed by atoms with Gasteiger partial charge in [0.2, 0.25) is 0 Å². The van der Waals surface area contributed by atoms with Crippen molar-refractivity contribution in [2.45, 2.75) is 82.1 Å². The molecule has 0 saturated carbocycles. The third-order valence-corrected chi connectivity index (χ3v) is 11.1. The number of nitrogens with one attached hydrogen (secondary N) is 1. The molecule has 2 aromatic heterocycles. The predicted molar refractivity (Wildman–Crippen MR) is 178 cm³/mol. The van der Waals surface area contributed by atoms with Gasteiger partial charge in [0.1, 0.15) is 35.6 Å². The van der Waals surface area contributed by atoms with Crippen LogP contribution < -0.4 is 15.0 Å². The van der Waals surface area contributed by atoms with Crippen LogP contribution in [0.1, 0.15) is 69.5 Å². The minimum absolute atomic E-state index is 0.0303. The summed E-state index contributed by atoms with van der Waals surface area (Å²) in [5.74, 6) is 1.90. The fourth-order valence-corrected chi connectivity index (χ4v) is 8.79. The van der Waals surface area contributed by atoms with E-state index in [1.165, 1.54) is 6.07 Å². The highest BCUT2D eigenvalue weighted by molar-refractivity contribution is 6.03. The van der Waals surface area contributed by atoms with E-state index in [1.807, 2.05) is 6.07 Å². The zero-order chi connectivity index (χ0) is 32.4. The summed E-state index contributed by atoms with van der Waals surface area (Å²) in [7, 11) is 0. The highest BCUT2D eigenvalue weighted by atomic mass is 19.1. The third kappa shape index (κ3) is 4.84. The number of hydrogen-bond acceptors (Lipinski definition) is 7. The molecule has 4 aliphatic heterocycles. The highest BCUT2D eigenvalue weighted by Gasteiger charge is 2.49. The second kappa shape index (κ2) is 11.6. The standard InChI is InChI=1S/C37H39F3N6O/c1-4-24-26(39)12-11-22-8-6-9-25(29(22)24)33-31(40)34-30-32(42-33)21(3)10-13-28-27(5-2)41-15-17-46(28)35(30)44-36(43-34)47-20-37-14-7-16-45(37)19-23(38)18-37/h1,6,8-9,11-12,21,23,27-28,41H,5,7,10,13-20H2,2-3H3/t21-,23+,27-,28+,37-/m0/s1. The van der Waals surface area contributed by atoms with Crippen LogP contribution in [0.5, 0.6) is 6.01 Å². The molecule has 4 aliphatic rings. The maximum atomic E-state index is 17.2. The molecule has 0 aliphatic carbocycles. The smallest absolute Gasteiger partial charge is 0.319 e. The summed E-state index contributed by atoms with van der Waals surface area (Å²) in [6.45, 7) is 7.23. The molecule has 1 N–H and O–H groups in total. The number of aromatic nitrogens is 3. The van der Waals surface area contributed by atoms with Crippen molar-refractivity contribution in [1.82, 2.24) is 25.2 Å². The molecule has 8 rings (SSSR count). The van der Waals surface area contributed by atoms with E-state index in [0.29, 0.717) is 52.7 Å². The van der Waals surface area contributed by atoms with E-state index in [2.05, 4.69) is 34.9 Å². The number of ether oxygens (including phenoxy) is 1. The van der Waals surface area contributed by atoms with Gasteiger partial charge in [0.15, 0.2) is 5.82 Å². The summed E-state index contributed by atoms with van der Waals surface area (Å²) in [4.78, 5) is 19.3. The van der Waals surface area contributed by atoms with Crippen molar-refractivity contribution in [2.24, 2.45) is 0 Å². The van der Waals surface area contributed by atoms with Crippen molar-refractivity contribution in [3.63, 3.8) is 0 Å². The molecular weight excluding hydrogens is 601 g/mol. The Labute approximate surface area is 272 Å². The number of benzene rings is 2. The van der Waals surface area contributed by atoms with E-state index in [4.69, 9.17) is 26.1 Å². The SMILES string of the molecule is C#Cc1c(F)ccc2cccc(-c3nc4c5c(nc(OC[C@@]67CCCN6C[C@H](F)C7)nc5c3F)N3CCN[C@@H](CC)[C@H]3CC[C@@H]4C)c12. The van der Waals surface area contributed by atoms with Crippen molar-refractivity contribution in [3.05, 3.63) is 53.2 Å². The van der Waals surface area contributed by atoms with Gasteiger partial charge in [-0.05, 0) is 56.0 Å². The van der Waals surface area contributed by atoms with Crippen LogP contribution in [0.2, 0.25) is 0 Å². The summed E-state index contributed by atoms with van der Waals surface area (Å²) in [5, 5.41) is 5.39. The number of anilines is 1. The first-order valence-corrected chi connectivity index (χ1v) is 16.9. The lowest BCUT2D eigenvalue weighted by Crippen LogP contribution is -2.58. The lowest BCUT2D eigenvalue weighted by Gasteiger charge is -2.44. The first-order valence-electron chi connectivity index (χ1n) is 16.9. The average Bonchev–Trinajstić information content (AvgIpc) is 3.61. The third-order valence-electron chi connectivity index (χ3n) is 11.1. The van der Waals surface area contributed by atoms with Crippen LogP contribution >= 0.6 is 0 Å². The van der Waals surface area contributed by atoms with E-state index in [0.717, 1.165) is 45.2 Å². The van der Waals surface area contributed by atoms with Crippen LogP contribution in [0, 0.1) is 24.0 Å². The number of fused-ring (bicyclic) bond motifs is 4. The minimum atomic E-state index is -0.897. The van der Waals surface area contributed by atoms with Crippen molar-refractivity contribution in [1.29, 1.82) is 0 Å². The number of nitrogens with zero attached hydrogens (tertiary/aromatic N) is 5. The number of hydrogen-bond donors (Lipinski definition) is 1. The van der Waals surface area contributed by atoms with E-state index < -0.39 is 23.3 Å². The first-order chi connectivity index (χ1) is 22.8. The fourth-order valence-electron chi connectivity index (χ4n) is 8.79. The maximum Gasteiger partial charge on any atom is 0.319 e. The van der Waals surface area contributed by atoms with Crippen LogP contribution in [0.25, 0.3) is 32.9 Å². The summed E-state index contributed by atoms with van der Waals surface area (Å²) in [6.07, 6.45) is 9.81. The molecule has 244 valence electrons. The molecule has 0 radical (unpaired) electrons. The van der Waals surface area contributed by atoms with Gasteiger partial charge in [-0.25, -0.2) is 18.2 Å². The summed E-state index contributed by atoms with van der Waals surface area (Å²) in [6, 6.07) is 8.83. The highest BCUT2D eigenvalue weighted by Crippen LogP contribution is 2.44. The van der Waals surface area contributed by atoms with Crippen LogP contribution in [0.15, 0.2) is 30.3 Å². The molecule has 0 unspecified atom stereocenters. The van der Waals surface area contributed by atoms with Gasteiger partial charge in [-0.1, -0.05) is 44.0 Å². The molecule has 0 bridgehead atoms. The molecule has 0 spiro atoms. The Kier molecular flexibility index (Phi) is 7.53. The van der Waals surface area contributed by atoms with Crippen LogP contribution in [-0.4, -0.2) is 76.4 Å². The number of alkyl halides is 1. The monoisotopic (exact) mass is 640 g/mol. The molecule has 7 nitrogen and oxygen atoms in total. The molecule has 2 aromatic carbocycles.